The number of rotatable bonds is 0. The lowest BCUT2D eigenvalue weighted by atomic mass is 9.87. The molecule has 4 aromatic carbocycles. The maximum atomic E-state index is 15.4. The highest BCUT2D eigenvalue weighted by molar-refractivity contribution is 7.94. The highest BCUT2D eigenvalue weighted by Gasteiger charge is 2.43. The second-order valence-electron chi connectivity index (χ2n) is 17.8. The standard InChI is InChI=1S/C40H44O6S6/c1-37(2,3)21-13-25-33-29(17-21)49(43)30-18-23(39(7,8)9)15-27-35(30)52(46)36-28(48(27)42)16-24(40(10,11)12)20-32(36)50(44)31-19-22(38(4,5)6)14-26(47(25)41)34(31)51(33)45/h13-20H,1-12H3. The predicted octanol–water partition coefficient (Wildman–Crippen LogP) is 8.82. The number of hydrogen-bond donors (Lipinski definition) is 0. The third-order valence-corrected chi connectivity index (χ3v) is 19.9. The first kappa shape index (κ1) is 38.1. The van der Waals surface area contributed by atoms with Crippen LogP contribution in [-0.2, 0) is 86.5 Å². The summed E-state index contributed by atoms with van der Waals surface area (Å²) in [5.41, 5.74) is 1.11. The molecule has 7 rings (SSSR count). The second-order valence-corrected chi connectivity index (χ2v) is 26.2. The third-order valence-electron chi connectivity index (χ3n) is 9.89. The molecule has 4 bridgehead atoms. The van der Waals surface area contributed by atoms with E-state index >= 15 is 16.8 Å². The SMILES string of the molecule is CC(C)(C)c1cc2c3c(c1)S(=O)c1cc(C(C)(C)C)cc4c1S(=O)c1c(cc(C(C)(C)C)cc1S(=O)c1cc(C(C)(C)C)cc(c1S3=O)S2=O)S4=O. The summed E-state index contributed by atoms with van der Waals surface area (Å²) < 4.78 is 91.1. The van der Waals surface area contributed by atoms with E-state index in [9.17, 15) is 8.42 Å². The largest absolute Gasteiger partial charge is 0.249 e. The molecule has 3 aliphatic rings. The summed E-state index contributed by atoms with van der Waals surface area (Å²) in [6.07, 6.45) is 0. The van der Waals surface area contributed by atoms with Crippen molar-refractivity contribution < 1.29 is 25.3 Å². The third kappa shape index (κ3) is 5.84. The Hall–Kier alpha value is -2.22. The molecule has 0 radical (unpaired) electrons. The van der Waals surface area contributed by atoms with Crippen LogP contribution in [0.4, 0.5) is 0 Å². The molecule has 0 aromatic heterocycles. The van der Waals surface area contributed by atoms with Crippen LogP contribution in [0, 0.1) is 0 Å². The first-order valence-corrected chi connectivity index (χ1v) is 24.0. The van der Waals surface area contributed by atoms with E-state index in [2.05, 4.69) is 0 Å². The Morgan fingerprint density at radius 2 is 0.404 bits per heavy atom. The summed E-state index contributed by atoms with van der Waals surface area (Å²) in [5.74, 6) is 0. The molecule has 0 amide bonds. The summed E-state index contributed by atoms with van der Waals surface area (Å²) in [6.45, 7) is 24.0. The van der Waals surface area contributed by atoms with Gasteiger partial charge in [-0.2, -0.15) is 0 Å². The molecule has 4 aromatic rings. The van der Waals surface area contributed by atoms with Gasteiger partial charge in [0.2, 0.25) is 0 Å². The van der Waals surface area contributed by atoms with E-state index in [4.69, 9.17) is 0 Å². The number of hydrogen-bond acceptors (Lipinski definition) is 6. The van der Waals surface area contributed by atoms with Crippen LogP contribution in [0.5, 0.6) is 0 Å². The van der Waals surface area contributed by atoms with Gasteiger partial charge in [0.1, 0.15) is 0 Å². The van der Waals surface area contributed by atoms with E-state index in [0.717, 1.165) is 22.3 Å². The van der Waals surface area contributed by atoms with Gasteiger partial charge >= 0.3 is 0 Å². The van der Waals surface area contributed by atoms with Gasteiger partial charge in [-0.25, -0.2) is 25.3 Å². The summed E-state index contributed by atoms with van der Waals surface area (Å²) in [6, 6.07) is 14.2. The Balaban J connectivity index is 1.74. The average molecular weight is 813 g/mol. The van der Waals surface area contributed by atoms with Crippen molar-refractivity contribution in [1.29, 1.82) is 0 Å². The van der Waals surface area contributed by atoms with Crippen molar-refractivity contribution in [2.75, 3.05) is 0 Å². The highest BCUT2D eigenvalue weighted by atomic mass is 32.2. The maximum absolute atomic E-state index is 15.4. The van der Waals surface area contributed by atoms with Crippen LogP contribution >= 0.6 is 0 Å². The van der Waals surface area contributed by atoms with Gasteiger partial charge < -0.3 is 0 Å². The summed E-state index contributed by atoms with van der Waals surface area (Å²) in [7, 11) is -12.0. The summed E-state index contributed by atoms with van der Waals surface area (Å²) in [5, 5.41) is 0. The van der Waals surface area contributed by atoms with Crippen LogP contribution in [0.25, 0.3) is 0 Å². The molecule has 12 heteroatoms. The molecular weight excluding hydrogens is 769 g/mol. The Morgan fingerprint density at radius 3 is 0.519 bits per heavy atom. The van der Waals surface area contributed by atoms with Crippen LogP contribution in [0.15, 0.2) is 107 Å². The molecule has 276 valence electrons. The van der Waals surface area contributed by atoms with Crippen LogP contribution in [0.3, 0.4) is 0 Å². The molecular formula is C40H44O6S6. The molecule has 0 unspecified atom stereocenters. The van der Waals surface area contributed by atoms with E-state index in [0.29, 0.717) is 19.6 Å². The zero-order chi connectivity index (χ0) is 38.4. The Morgan fingerprint density at radius 1 is 0.269 bits per heavy atom. The van der Waals surface area contributed by atoms with Gasteiger partial charge in [-0.15, -0.1) is 0 Å². The van der Waals surface area contributed by atoms with Crippen LogP contribution < -0.4 is 0 Å². The van der Waals surface area contributed by atoms with Crippen molar-refractivity contribution in [3.63, 3.8) is 0 Å². The van der Waals surface area contributed by atoms with Crippen LogP contribution in [0.1, 0.15) is 105 Å². The van der Waals surface area contributed by atoms with Crippen molar-refractivity contribution in [2.45, 2.75) is 163 Å². The van der Waals surface area contributed by atoms with Crippen molar-refractivity contribution in [3.8, 4) is 0 Å². The van der Waals surface area contributed by atoms with Crippen molar-refractivity contribution in [3.05, 3.63) is 70.8 Å². The van der Waals surface area contributed by atoms with Gasteiger partial charge in [0.25, 0.3) is 0 Å². The van der Waals surface area contributed by atoms with Gasteiger partial charge in [-0.3, -0.25) is 0 Å². The van der Waals surface area contributed by atoms with E-state index in [1.165, 1.54) is 0 Å². The van der Waals surface area contributed by atoms with E-state index in [-0.39, 0.29) is 39.2 Å². The first-order valence-electron chi connectivity index (χ1n) is 17.1. The quantitative estimate of drug-likeness (QED) is 0.152. The Bertz CT molecular complexity index is 2120. The topological polar surface area (TPSA) is 102 Å². The molecule has 0 N–H and O–H groups in total. The van der Waals surface area contributed by atoms with Gasteiger partial charge in [0.15, 0.2) is 0 Å². The van der Waals surface area contributed by atoms with Gasteiger partial charge in [-0.05, 0) is 92.4 Å². The van der Waals surface area contributed by atoms with Crippen molar-refractivity contribution in [1.82, 2.24) is 0 Å². The van der Waals surface area contributed by atoms with Crippen LogP contribution in [-0.4, -0.2) is 25.3 Å². The van der Waals surface area contributed by atoms with Crippen molar-refractivity contribution >= 4 is 64.8 Å². The fraction of sp³-hybridized carbons (Fsp3) is 0.400. The molecule has 6 nitrogen and oxygen atoms in total. The fourth-order valence-corrected chi connectivity index (χ4v) is 17.8. The molecule has 0 fully saturated rings. The lowest BCUT2D eigenvalue weighted by molar-refractivity contribution is 0.578. The van der Waals surface area contributed by atoms with E-state index in [1.807, 2.05) is 83.1 Å². The Labute approximate surface area is 322 Å². The predicted molar refractivity (Wildman–Crippen MR) is 209 cm³/mol. The zero-order valence-electron chi connectivity index (χ0n) is 31.5. The van der Waals surface area contributed by atoms with Crippen LogP contribution in [0.2, 0.25) is 0 Å². The van der Waals surface area contributed by atoms with Gasteiger partial charge in [0, 0.05) is 0 Å². The van der Waals surface area contributed by atoms with Gasteiger partial charge in [-0.1, -0.05) is 83.1 Å². The number of benzene rings is 4. The smallest absolute Gasteiger partial charge is 0.0899 e. The van der Waals surface area contributed by atoms with E-state index in [1.54, 1.807) is 48.5 Å². The molecule has 3 heterocycles. The average Bonchev–Trinajstić information content (AvgIpc) is 3.04. The highest BCUT2D eigenvalue weighted by Crippen LogP contribution is 2.51. The molecule has 0 spiro atoms. The minimum atomic E-state index is -2.10. The van der Waals surface area contributed by atoms with E-state index < -0.39 is 86.5 Å². The Kier molecular flexibility index (Phi) is 8.89. The van der Waals surface area contributed by atoms with Crippen molar-refractivity contribution in [2.24, 2.45) is 0 Å². The minimum Gasteiger partial charge on any atom is -0.249 e. The monoisotopic (exact) mass is 812 g/mol. The molecule has 0 atom stereocenters. The molecule has 0 saturated heterocycles. The normalized spacial score (nSPS) is 23.8. The lowest BCUT2D eigenvalue weighted by Crippen LogP contribution is -2.25. The lowest BCUT2D eigenvalue weighted by Gasteiger charge is -2.32. The molecule has 0 saturated carbocycles. The first-order chi connectivity index (χ1) is 23.8. The minimum absolute atomic E-state index is 0.154. The molecule has 52 heavy (non-hydrogen) atoms. The zero-order valence-corrected chi connectivity index (χ0v) is 36.4. The van der Waals surface area contributed by atoms with Gasteiger partial charge in [0.05, 0.1) is 124 Å². The second kappa shape index (κ2) is 12.1. The summed E-state index contributed by atoms with van der Waals surface area (Å²) >= 11 is 0. The summed E-state index contributed by atoms with van der Waals surface area (Å²) in [4.78, 5) is 2.59. The fourth-order valence-electron chi connectivity index (χ4n) is 6.55. The maximum Gasteiger partial charge on any atom is 0.0899 e. The molecule has 3 aliphatic heterocycles. The molecule has 0 aliphatic carbocycles.